The molecule has 0 aliphatic carbocycles. The van der Waals surface area contributed by atoms with Gasteiger partial charge in [-0.05, 0) is 48.2 Å². The molecule has 3 aromatic rings. The molecule has 4 heteroatoms. The van der Waals surface area contributed by atoms with E-state index in [0.29, 0.717) is 5.49 Å². The summed E-state index contributed by atoms with van der Waals surface area (Å²) in [6.45, 7) is 0. The quantitative estimate of drug-likeness (QED) is 0.693. The van der Waals surface area contributed by atoms with Gasteiger partial charge in [0, 0.05) is 0 Å². The monoisotopic (exact) mass is 353 g/mol. The van der Waals surface area contributed by atoms with E-state index in [9.17, 15) is 9.90 Å². The Morgan fingerprint density at radius 3 is 1.33 bits per heavy atom. The Morgan fingerprint density at radius 2 is 1.04 bits per heavy atom. The summed E-state index contributed by atoms with van der Waals surface area (Å²) in [4.78, 5) is 11.3. The van der Waals surface area contributed by atoms with Crippen molar-refractivity contribution < 1.29 is 9.90 Å². The molecule has 0 fully saturated rings. The van der Waals surface area contributed by atoms with Crippen molar-refractivity contribution >= 4 is 40.2 Å². The van der Waals surface area contributed by atoms with E-state index < -0.39 is 12.6 Å². The van der Waals surface area contributed by atoms with Gasteiger partial charge in [-0.3, -0.25) is 0 Å². The van der Waals surface area contributed by atoms with Gasteiger partial charge in [-0.1, -0.05) is 54.6 Å². The zero-order valence-electron chi connectivity index (χ0n) is 13.1. The lowest BCUT2D eigenvalue weighted by Gasteiger charge is -2.26. The summed E-state index contributed by atoms with van der Waals surface area (Å²) < 4.78 is 0. The van der Waals surface area contributed by atoms with Crippen LogP contribution in [0.3, 0.4) is 0 Å². The van der Waals surface area contributed by atoms with Crippen LogP contribution in [0.5, 0.6) is 0 Å². The van der Waals surface area contributed by atoms with Gasteiger partial charge in [0.05, 0.1) is 0 Å². The molecule has 0 aromatic heterocycles. The van der Waals surface area contributed by atoms with Crippen LogP contribution in [-0.4, -0.2) is 15.9 Å². The maximum atomic E-state index is 11.3. The molecule has 3 rings (SSSR count). The first kappa shape index (κ1) is 16.8. The van der Waals surface area contributed by atoms with Gasteiger partial charge < -0.3 is 5.11 Å². The molecule has 0 saturated carbocycles. The van der Waals surface area contributed by atoms with E-state index in [1.807, 2.05) is 54.6 Å². The highest BCUT2D eigenvalue weighted by Gasteiger charge is 2.45. The molecule has 3 aromatic carbocycles. The fraction of sp³-hybridized carbons (Fsp3) is 0.0500. The van der Waals surface area contributed by atoms with Gasteiger partial charge in [0.15, 0.2) is 0 Å². The van der Waals surface area contributed by atoms with Crippen LogP contribution in [0.4, 0.5) is 4.79 Å². The van der Waals surface area contributed by atoms with Crippen molar-refractivity contribution in [3.8, 4) is 0 Å². The van der Waals surface area contributed by atoms with Crippen LogP contribution < -0.4 is 15.9 Å². The Kier molecular flexibility index (Phi) is 5.34. The molecule has 0 atom stereocenters. The van der Waals surface area contributed by atoms with Gasteiger partial charge in [-0.25, -0.2) is 4.79 Å². The third-order valence-electron chi connectivity index (χ3n) is 3.97. The third-order valence-corrected chi connectivity index (χ3v) is 9.82. The average molecular weight is 353 g/mol. The van der Waals surface area contributed by atoms with Gasteiger partial charge >= 0.3 is 5.30 Å². The van der Waals surface area contributed by atoms with Crippen LogP contribution in [-0.2, 0) is 0 Å². The van der Waals surface area contributed by atoms with Crippen LogP contribution in [0, 0.1) is 0 Å². The minimum Gasteiger partial charge on any atom is -0.473 e. The van der Waals surface area contributed by atoms with Gasteiger partial charge in [0.2, 0.25) is 0 Å². The molecular weight excluding hydrogens is 335 g/mol. The van der Waals surface area contributed by atoms with Gasteiger partial charge in [-0.2, -0.15) is 0 Å². The Balaban J connectivity index is 2.26. The Bertz CT molecular complexity index is 695. The molecule has 0 saturated heterocycles. The fourth-order valence-electron chi connectivity index (χ4n) is 2.87. The van der Waals surface area contributed by atoms with Gasteiger partial charge in [0.1, 0.15) is 28.7 Å². The van der Waals surface area contributed by atoms with Crippen molar-refractivity contribution in [3.63, 3.8) is 0 Å². The number of benzene rings is 3. The van der Waals surface area contributed by atoms with Crippen molar-refractivity contribution in [3.05, 3.63) is 91.0 Å². The Labute approximate surface area is 146 Å². The maximum absolute atomic E-state index is 11.3. The van der Waals surface area contributed by atoms with Crippen LogP contribution in [0.15, 0.2) is 91.0 Å². The molecule has 0 spiro atoms. The van der Waals surface area contributed by atoms with E-state index in [-0.39, 0.29) is 0 Å². The van der Waals surface area contributed by atoms with Crippen molar-refractivity contribution in [2.45, 2.75) is 0 Å². The molecule has 0 bridgehead atoms. The first-order valence-electron chi connectivity index (χ1n) is 7.64. The average Bonchev–Trinajstić information content (AvgIpc) is 2.65. The normalized spacial score (nSPS) is 11.2. The number of carboxylic acid groups (broad SMARTS) is 1. The molecular formula is C20H18O2PS+. The molecule has 0 radical (unpaired) electrons. The molecule has 0 aliphatic heterocycles. The SMILES string of the molecule is O=C(O)SC[P+](c1ccccc1)(c1ccccc1)c1ccccc1. The minimum absolute atomic E-state index is 0.542. The largest absolute Gasteiger partial charge is 0.473 e. The first-order valence-corrected chi connectivity index (χ1v) is 10.6. The molecule has 1 N–H and O–H groups in total. The molecule has 2 nitrogen and oxygen atoms in total. The summed E-state index contributed by atoms with van der Waals surface area (Å²) >= 11 is 0.989. The third kappa shape index (κ3) is 3.38. The van der Waals surface area contributed by atoms with Crippen molar-refractivity contribution in [2.24, 2.45) is 0 Å². The predicted octanol–water partition coefficient (Wildman–Crippen LogP) is 4.35. The van der Waals surface area contributed by atoms with Gasteiger partial charge in [0.25, 0.3) is 0 Å². The maximum Gasteiger partial charge on any atom is 0.368 e. The Morgan fingerprint density at radius 1 is 0.708 bits per heavy atom. The number of carbonyl (C=O) groups is 1. The van der Waals surface area contributed by atoms with Crippen LogP contribution in [0.2, 0.25) is 0 Å². The van der Waals surface area contributed by atoms with E-state index in [4.69, 9.17) is 0 Å². The van der Waals surface area contributed by atoms with E-state index in [2.05, 4.69) is 36.4 Å². The predicted molar refractivity (Wildman–Crippen MR) is 106 cm³/mol. The number of hydrogen-bond acceptors (Lipinski definition) is 2. The van der Waals surface area contributed by atoms with E-state index >= 15 is 0 Å². The lowest BCUT2D eigenvalue weighted by Crippen LogP contribution is -2.32. The molecule has 120 valence electrons. The van der Waals surface area contributed by atoms with Crippen molar-refractivity contribution in [2.75, 3.05) is 5.49 Å². The highest BCUT2D eigenvalue weighted by molar-refractivity contribution is 8.21. The molecule has 24 heavy (non-hydrogen) atoms. The van der Waals surface area contributed by atoms with Crippen LogP contribution >= 0.6 is 19.0 Å². The second-order valence-electron chi connectivity index (χ2n) is 5.36. The van der Waals surface area contributed by atoms with Crippen molar-refractivity contribution in [1.82, 2.24) is 0 Å². The molecule has 0 amide bonds. The Hall–Kier alpha value is -2.09. The van der Waals surface area contributed by atoms with E-state index in [1.54, 1.807) is 0 Å². The first-order chi connectivity index (χ1) is 11.7. The fourth-order valence-corrected chi connectivity index (χ4v) is 8.81. The topological polar surface area (TPSA) is 37.3 Å². The molecule has 0 unspecified atom stereocenters. The molecule has 0 heterocycles. The number of thioether (sulfide) groups is 1. The summed E-state index contributed by atoms with van der Waals surface area (Å²) in [7, 11) is -2.03. The zero-order valence-corrected chi connectivity index (χ0v) is 14.8. The summed E-state index contributed by atoms with van der Waals surface area (Å²) in [6, 6.07) is 30.9. The highest BCUT2D eigenvalue weighted by Crippen LogP contribution is 2.57. The molecule has 0 aliphatic rings. The highest BCUT2D eigenvalue weighted by atomic mass is 32.2. The lowest BCUT2D eigenvalue weighted by molar-refractivity contribution is 0.222. The second kappa shape index (κ2) is 7.65. The van der Waals surface area contributed by atoms with Crippen LogP contribution in [0.25, 0.3) is 0 Å². The van der Waals surface area contributed by atoms with Gasteiger partial charge in [-0.15, -0.1) is 0 Å². The summed E-state index contributed by atoms with van der Waals surface area (Å²) in [5, 5.41) is 12.1. The summed E-state index contributed by atoms with van der Waals surface area (Å²) in [5.41, 5.74) is 0.542. The lowest BCUT2D eigenvalue weighted by atomic mass is 10.4. The van der Waals surface area contributed by atoms with Crippen LogP contribution in [0.1, 0.15) is 0 Å². The summed E-state index contributed by atoms with van der Waals surface area (Å²) in [6.07, 6.45) is 0. The summed E-state index contributed by atoms with van der Waals surface area (Å²) in [5.74, 6) is 0. The number of rotatable bonds is 5. The van der Waals surface area contributed by atoms with E-state index in [0.717, 1.165) is 11.8 Å². The minimum atomic E-state index is -2.03. The number of hydrogen-bond donors (Lipinski definition) is 1. The smallest absolute Gasteiger partial charge is 0.368 e. The van der Waals surface area contributed by atoms with E-state index in [1.165, 1.54) is 15.9 Å². The second-order valence-corrected chi connectivity index (χ2v) is 10.2. The zero-order chi connectivity index (χ0) is 16.8. The standard InChI is InChI=1S/C20H17O2PS/c21-20(22)24-16-23(17-10-4-1-5-11-17,18-12-6-2-7-13-18)19-14-8-3-9-15-19/h1-15H,16H2/p+1. The van der Waals surface area contributed by atoms with Crippen molar-refractivity contribution in [1.29, 1.82) is 0 Å².